The maximum Gasteiger partial charge on any atom is 0.228 e. The topological polar surface area (TPSA) is 84.9 Å². The third kappa shape index (κ3) is 5.28. The lowest BCUT2D eigenvalue weighted by atomic mass is 9.98. The first-order chi connectivity index (χ1) is 14.3. The first kappa shape index (κ1) is 22.0. The maximum atomic E-state index is 13.1. The highest BCUT2D eigenvalue weighted by atomic mass is 32.2. The van der Waals surface area contributed by atoms with Gasteiger partial charge in [-0.3, -0.25) is 4.79 Å². The summed E-state index contributed by atoms with van der Waals surface area (Å²) in [5.41, 5.74) is 1.05. The lowest BCUT2D eigenvalue weighted by Crippen LogP contribution is -2.44. The Morgan fingerprint density at radius 2 is 1.83 bits per heavy atom. The third-order valence-corrected chi connectivity index (χ3v) is 6.88. The molecule has 1 fully saturated rings. The van der Waals surface area contributed by atoms with Gasteiger partial charge in [0.15, 0.2) is 11.5 Å². The Kier molecular flexibility index (Phi) is 6.94. The summed E-state index contributed by atoms with van der Waals surface area (Å²) in [5.74, 6) is -0.314. The number of hydrogen-bond acceptors (Lipinski definition) is 5. The average Bonchev–Trinajstić information content (AvgIpc) is 2.75. The number of piperidine rings is 1. The van der Waals surface area contributed by atoms with E-state index in [1.54, 1.807) is 18.2 Å². The standard InChI is InChI=1S/C21H25FN2O5S/c1-28-19-10-9-18(12-20(19)29-2)23-21(25)16-4-3-11-24(13-16)30(26,27)14-15-5-7-17(22)8-6-15/h5-10,12,16H,3-4,11,13-14H2,1-2H3,(H,23,25). The van der Waals surface area contributed by atoms with E-state index in [4.69, 9.17) is 9.47 Å². The molecule has 0 bridgehead atoms. The molecule has 1 aliphatic rings. The van der Waals surface area contributed by atoms with Gasteiger partial charge in [-0.15, -0.1) is 0 Å². The zero-order valence-electron chi connectivity index (χ0n) is 16.9. The summed E-state index contributed by atoms with van der Waals surface area (Å²) in [6, 6.07) is 10.4. The first-order valence-electron chi connectivity index (χ1n) is 9.57. The number of halogens is 1. The predicted molar refractivity (Wildman–Crippen MR) is 111 cm³/mol. The molecule has 9 heteroatoms. The van der Waals surface area contributed by atoms with Crippen LogP contribution in [0.4, 0.5) is 10.1 Å². The Hall–Kier alpha value is -2.65. The molecule has 30 heavy (non-hydrogen) atoms. The Balaban J connectivity index is 1.66. The lowest BCUT2D eigenvalue weighted by Gasteiger charge is -2.31. The van der Waals surface area contributed by atoms with Gasteiger partial charge in [0.25, 0.3) is 0 Å². The normalized spacial score (nSPS) is 17.4. The molecule has 1 saturated heterocycles. The van der Waals surface area contributed by atoms with Crippen LogP contribution in [0.2, 0.25) is 0 Å². The number of anilines is 1. The monoisotopic (exact) mass is 436 g/mol. The highest BCUT2D eigenvalue weighted by Gasteiger charge is 2.32. The fraction of sp³-hybridized carbons (Fsp3) is 0.381. The zero-order valence-corrected chi connectivity index (χ0v) is 17.7. The number of benzene rings is 2. The molecule has 0 radical (unpaired) electrons. The van der Waals surface area contributed by atoms with Crippen LogP contribution >= 0.6 is 0 Å². The molecule has 0 aliphatic carbocycles. The van der Waals surface area contributed by atoms with Crippen LogP contribution in [-0.4, -0.2) is 45.9 Å². The summed E-state index contributed by atoms with van der Waals surface area (Å²) < 4.78 is 50.4. The van der Waals surface area contributed by atoms with Crippen molar-refractivity contribution in [3.63, 3.8) is 0 Å². The molecule has 0 spiro atoms. The van der Waals surface area contributed by atoms with E-state index in [2.05, 4.69) is 5.32 Å². The highest BCUT2D eigenvalue weighted by Crippen LogP contribution is 2.30. The minimum absolute atomic E-state index is 0.114. The number of rotatable bonds is 7. The fourth-order valence-corrected chi connectivity index (χ4v) is 5.06. The SMILES string of the molecule is COc1ccc(NC(=O)C2CCCN(S(=O)(=O)Cc3ccc(F)cc3)C2)cc1OC. The van der Waals surface area contributed by atoms with Crippen LogP contribution in [0, 0.1) is 11.7 Å². The largest absolute Gasteiger partial charge is 0.493 e. The van der Waals surface area contributed by atoms with Crippen LogP contribution in [0.25, 0.3) is 0 Å². The van der Waals surface area contributed by atoms with Gasteiger partial charge >= 0.3 is 0 Å². The van der Waals surface area contributed by atoms with E-state index < -0.39 is 21.8 Å². The molecule has 1 N–H and O–H groups in total. The Morgan fingerprint density at radius 1 is 1.13 bits per heavy atom. The van der Waals surface area contributed by atoms with E-state index in [9.17, 15) is 17.6 Å². The first-order valence-corrected chi connectivity index (χ1v) is 11.2. The second-order valence-corrected chi connectivity index (χ2v) is 9.11. The number of amides is 1. The van der Waals surface area contributed by atoms with Gasteiger partial charge in [-0.25, -0.2) is 17.1 Å². The molecule has 2 aromatic rings. The lowest BCUT2D eigenvalue weighted by molar-refractivity contribution is -0.120. The summed E-state index contributed by atoms with van der Waals surface area (Å²) >= 11 is 0. The van der Waals surface area contributed by atoms with Crippen molar-refractivity contribution in [3.05, 3.63) is 53.8 Å². The predicted octanol–water partition coefficient (Wildman–Crippen LogP) is 3.02. The van der Waals surface area contributed by atoms with Crippen LogP contribution in [0.1, 0.15) is 18.4 Å². The van der Waals surface area contributed by atoms with Crippen molar-refractivity contribution in [2.45, 2.75) is 18.6 Å². The number of nitrogens with zero attached hydrogens (tertiary/aromatic N) is 1. The summed E-state index contributed by atoms with van der Waals surface area (Å²) in [4.78, 5) is 12.7. The second-order valence-electron chi connectivity index (χ2n) is 7.14. The number of methoxy groups -OCH3 is 2. The maximum absolute atomic E-state index is 13.1. The molecule has 162 valence electrons. The summed E-state index contributed by atoms with van der Waals surface area (Å²) in [5, 5.41) is 2.83. The second kappa shape index (κ2) is 9.44. The minimum atomic E-state index is -3.61. The van der Waals surface area contributed by atoms with Gasteiger partial charge in [0.2, 0.25) is 15.9 Å². The molecule has 0 saturated carbocycles. The summed E-state index contributed by atoms with van der Waals surface area (Å²) in [7, 11) is -0.579. The van der Waals surface area contributed by atoms with Crippen molar-refractivity contribution < 1.29 is 27.1 Å². The minimum Gasteiger partial charge on any atom is -0.493 e. The van der Waals surface area contributed by atoms with Crippen LogP contribution in [-0.2, 0) is 20.6 Å². The fourth-order valence-electron chi connectivity index (χ4n) is 3.45. The highest BCUT2D eigenvalue weighted by molar-refractivity contribution is 7.88. The van der Waals surface area contributed by atoms with Crippen molar-refractivity contribution in [1.82, 2.24) is 4.31 Å². The van der Waals surface area contributed by atoms with E-state index in [0.717, 1.165) is 0 Å². The van der Waals surface area contributed by atoms with Crippen molar-refractivity contribution in [2.75, 3.05) is 32.6 Å². The van der Waals surface area contributed by atoms with Crippen LogP contribution in [0.15, 0.2) is 42.5 Å². The smallest absolute Gasteiger partial charge is 0.228 e. The zero-order chi connectivity index (χ0) is 21.7. The van der Waals surface area contributed by atoms with Crippen LogP contribution in [0.3, 0.4) is 0 Å². The molecular weight excluding hydrogens is 411 g/mol. The van der Waals surface area contributed by atoms with E-state index >= 15 is 0 Å². The summed E-state index contributed by atoms with van der Waals surface area (Å²) in [6.07, 6.45) is 1.19. The summed E-state index contributed by atoms with van der Waals surface area (Å²) in [6.45, 7) is 0.478. The molecule has 2 aromatic carbocycles. The van der Waals surface area contributed by atoms with Gasteiger partial charge in [-0.1, -0.05) is 12.1 Å². The Morgan fingerprint density at radius 3 is 2.50 bits per heavy atom. The van der Waals surface area contributed by atoms with Crippen molar-refractivity contribution in [3.8, 4) is 11.5 Å². The number of ether oxygens (including phenoxy) is 2. The van der Waals surface area contributed by atoms with E-state index in [0.29, 0.717) is 42.1 Å². The number of sulfonamides is 1. The molecule has 1 amide bonds. The molecule has 1 heterocycles. The Labute approximate surface area is 175 Å². The molecule has 7 nitrogen and oxygen atoms in total. The van der Waals surface area contributed by atoms with E-state index in [1.807, 2.05) is 0 Å². The van der Waals surface area contributed by atoms with Gasteiger partial charge in [0, 0.05) is 24.8 Å². The quantitative estimate of drug-likeness (QED) is 0.721. The molecule has 1 aliphatic heterocycles. The van der Waals surface area contributed by atoms with Gasteiger partial charge < -0.3 is 14.8 Å². The molecule has 1 unspecified atom stereocenters. The van der Waals surface area contributed by atoms with Crippen molar-refractivity contribution >= 4 is 21.6 Å². The van der Waals surface area contributed by atoms with Gasteiger partial charge in [-0.05, 0) is 42.7 Å². The molecular formula is C21H25FN2O5S. The van der Waals surface area contributed by atoms with Crippen LogP contribution in [0.5, 0.6) is 11.5 Å². The number of carbonyl (C=O) groups excluding carboxylic acids is 1. The van der Waals surface area contributed by atoms with Crippen LogP contribution < -0.4 is 14.8 Å². The number of carbonyl (C=O) groups is 1. The van der Waals surface area contributed by atoms with Gasteiger partial charge in [-0.2, -0.15) is 0 Å². The van der Waals surface area contributed by atoms with Crippen molar-refractivity contribution in [2.24, 2.45) is 5.92 Å². The molecule has 0 aromatic heterocycles. The molecule has 1 atom stereocenters. The Bertz CT molecular complexity index is 995. The van der Waals surface area contributed by atoms with E-state index in [-0.39, 0.29) is 18.2 Å². The van der Waals surface area contributed by atoms with Crippen molar-refractivity contribution in [1.29, 1.82) is 0 Å². The number of nitrogens with one attached hydrogen (secondary N) is 1. The molecule has 3 rings (SSSR count). The average molecular weight is 437 g/mol. The third-order valence-electron chi connectivity index (χ3n) is 5.06. The van der Waals surface area contributed by atoms with Gasteiger partial charge in [0.05, 0.1) is 25.9 Å². The number of hydrogen-bond donors (Lipinski definition) is 1. The van der Waals surface area contributed by atoms with E-state index in [1.165, 1.54) is 42.8 Å². The van der Waals surface area contributed by atoms with Gasteiger partial charge in [0.1, 0.15) is 5.82 Å².